The molecule has 1 saturated heterocycles. The van der Waals surface area contributed by atoms with Crippen LogP contribution >= 0.6 is 0 Å². The average Bonchev–Trinajstić information content (AvgIpc) is 2.50. The van der Waals surface area contributed by atoms with Gasteiger partial charge < -0.3 is 13.3 Å². The maximum atomic E-state index is 11.4. The van der Waals surface area contributed by atoms with Gasteiger partial charge in [-0.1, -0.05) is 19.8 Å². The van der Waals surface area contributed by atoms with Crippen molar-refractivity contribution in [2.45, 2.75) is 43.6 Å². The fourth-order valence-corrected chi connectivity index (χ4v) is 3.85. The molecule has 0 N–H and O–H groups in total. The molecule has 1 aliphatic heterocycles. The fraction of sp³-hybridized carbons (Fsp3) is 1.00. The van der Waals surface area contributed by atoms with Crippen molar-refractivity contribution in [3.05, 3.63) is 4.13 Å². The van der Waals surface area contributed by atoms with Gasteiger partial charge in [-0.25, -0.2) is 16.8 Å². The van der Waals surface area contributed by atoms with Gasteiger partial charge in [0.2, 0.25) is 0 Å². The van der Waals surface area contributed by atoms with Crippen molar-refractivity contribution in [3.63, 3.8) is 0 Å². The lowest BCUT2D eigenvalue weighted by molar-refractivity contribution is -0.917. The van der Waals surface area contributed by atoms with E-state index in [1.165, 1.54) is 49.8 Å². The molecule has 0 aromatic carbocycles. The van der Waals surface area contributed by atoms with E-state index in [0.29, 0.717) is 0 Å². The first-order chi connectivity index (χ1) is 12.5. The van der Waals surface area contributed by atoms with Crippen molar-refractivity contribution in [1.29, 1.82) is 0 Å². The lowest BCUT2D eigenvalue weighted by Gasteiger charge is -2.37. The van der Waals surface area contributed by atoms with Crippen LogP contribution in [0, 0.1) is 0 Å². The molecule has 15 heteroatoms. The number of nitrogens with zero attached hydrogens (tertiary/aromatic N) is 2. The fourth-order valence-electron chi connectivity index (χ4n) is 2.14. The molecule has 170 valence electrons. The predicted molar refractivity (Wildman–Crippen MR) is 89.1 cm³/mol. The van der Waals surface area contributed by atoms with Crippen molar-refractivity contribution in [2.24, 2.45) is 0 Å². The van der Waals surface area contributed by atoms with Gasteiger partial charge in [-0.15, -0.1) is 0 Å². The number of unbranched alkanes of at least 4 members (excludes halogenated alkanes) is 3. The van der Waals surface area contributed by atoms with Crippen LogP contribution in [0.5, 0.6) is 0 Å². The molecule has 28 heavy (non-hydrogen) atoms. The number of hydrogen-bond donors (Lipinski definition) is 0. The second-order valence-electron chi connectivity index (χ2n) is 6.38. The first kappa shape index (κ1) is 27.4. The van der Waals surface area contributed by atoms with E-state index in [-0.39, 0.29) is 0 Å². The maximum absolute atomic E-state index is 11.4. The zero-order chi connectivity index (χ0) is 22.3. The van der Waals surface area contributed by atoms with Crippen LogP contribution in [-0.2, 0) is 24.8 Å². The van der Waals surface area contributed by atoms with Gasteiger partial charge in [-0.3, -0.25) is 0 Å². The Morgan fingerprint density at radius 1 is 0.857 bits per heavy atom. The topological polar surface area (TPSA) is 91.6 Å². The Kier molecular flexibility index (Phi) is 10.2. The molecular weight excluding hydrogens is 442 g/mol. The molecule has 0 bridgehead atoms. The second kappa shape index (κ2) is 10.4. The average molecular weight is 466 g/mol. The third kappa shape index (κ3) is 9.24. The molecule has 1 fully saturated rings. The van der Waals surface area contributed by atoms with Crippen molar-refractivity contribution in [1.82, 2.24) is 0 Å². The highest BCUT2D eigenvalue weighted by Gasteiger charge is 2.46. The highest BCUT2D eigenvalue weighted by molar-refractivity contribution is 8.13. The normalized spacial score (nSPS) is 18.3. The third-order valence-electron chi connectivity index (χ3n) is 3.88. The first-order valence-electron chi connectivity index (χ1n) is 8.25. The highest BCUT2D eigenvalue weighted by atomic mass is 32.3. The summed E-state index contributed by atoms with van der Waals surface area (Å²) < 4.78 is 116. The summed E-state index contributed by atoms with van der Waals surface area (Å²) in [5, 5.41) is 0. The van der Waals surface area contributed by atoms with Crippen LogP contribution in [0.4, 0.5) is 26.3 Å². The maximum Gasteiger partial charge on any atom is 0.480 e. The molecule has 0 aromatic heterocycles. The van der Waals surface area contributed by atoms with Crippen LogP contribution in [0.25, 0.3) is 4.13 Å². The lowest BCUT2D eigenvalue weighted by Crippen LogP contribution is -2.52. The Labute approximate surface area is 160 Å². The number of hydrogen-bond acceptors (Lipinski definition) is 5. The van der Waals surface area contributed by atoms with E-state index in [9.17, 15) is 43.2 Å². The lowest BCUT2D eigenvalue weighted by atomic mass is 10.2. The molecule has 0 amide bonds. The molecular formula is C13H24F6N2O5S2. The summed E-state index contributed by atoms with van der Waals surface area (Å²) in [6.07, 6.45) is 5.54. The minimum absolute atomic E-state index is 0.778. The Bertz CT molecular complexity index is 629. The van der Waals surface area contributed by atoms with Gasteiger partial charge in [0.15, 0.2) is 20.0 Å². The van der Waals surface area contributed by atoms with Crippen molar-refractivity contribution < 1.29 is 52.4 Å². The number of quaternary nitrogens is 1. The molecule has 0 aliphatic carbocycles. The third-order valence-corrected chi connectivity index (χ3v) is 6.62. The van der Waals surface area contributed by atoms with E-state index in [4.69, 9.17) is 4.74 Å². The molecule has 0 atom stereocenters. The molecule has 1 aliphatic rings. The standard InChI is InChI=1S/C11H24NO.C2F6NO4S2/c1-3-4-5-6-7-12(2)8-10-13-11-9-12;3-1(4,5)14(10,11)9-15(12,13)2(6,7)8/h3-11H2,1-2H3;/q+1;-1. The Morgan fingerprint density at radius 2 is 1.29 bits per heavy atom. The molecule has 0 saturated carbocycles. The van der Waals surface area contributed by atoms with E-state index >= 15 is 0 Å². The Morgan fingerprint density at radius 3 is 1.64 bits per heavy atom. The van der Waals surface area contributed by atoms with Gasteiger partial charge >= 0.3 is 11.0 Å². The van der Waals surface area contributed by atoms with E-state index < -0.39 is 31.1 Å². The summed E-state index contributed by atoms with van der Waals surface area (Å²) in [4.78, 5) is 0. The highest BCUT2D eigenvalue weighted by Crippen LogP contribution is 2.36. The number of halogens is 6. The first-order valence-corrected chi connectivity index (χ1v) is 11.1. The Hall–Kier alpha value is -0.640. The minimum Gasteiger partial charge on any atom is -0.421 e. The van der Waals surface area contributed by atoms with Gasteiger partial charge in [-0.05, 0) is 12.8 Å². The monoisotopic (exact) mass is 466 g/mol. The summed E-state index contributed by atoms with van der Waals surface area (Å²) in [6, 6.07) is 0. The molecule has 1 heterocycles. The molecule has 0 spiro atoms. The van der Waals surface area contributed by atoms with Crippen LogP contribution in [0.3, 0.4) is 0 Å². The summed E-state index contributed by atoms with van der Waals surface area (Å²) in [7, 11) is -11.1. The summed E-state index contributed by atoms with van der Waals surface area (Å²) >= 11 is 0. The second-order valence-corrected chi connectivity index (χ2v) is 9.80. The van der Waals surface area contributed by atoms with Gasteiger partial charge in [0.05, 0.1) is 26.8 Å². The van der Waals surface area contributed by atoms with Crippen LogP contribution in [0.1, 0.15) is 32.6 Å². The zero-order valence-electron chi connectivity index (χ0n) is 15.4. The number of ether oxygens (including phenoxy) is 1. The van der Waals surface area contributed by atoms with Gasteiger partial charge in [0, 0.05) is 0 Å². The number of sulfonamides is 2. The number of likely N-dealkylation sites (N-methyl/N-ethyl adjacent to an activating group) is 1. The van der Waals surface area contributed by atoms with Gasteiger partial charge in [0.1, 0.15) is 13.1 Å². The zero-order valence-corrected chi connectivity index (χ0v) is 17.0. The summed E-state index contributed by atoms with van der Waals surface area (Å²) in [6.45, 7) is 7.97. The molecule has 0 unspecified atom stereocenters. The largest absolute Gasteiger partial charge is 0.480 e. The van der Waals surface area contributed by atoms with Crippen LogP contribution in [-0.4, -0.2) is 72.2 Å². The van der Waals surface area contributed by atoms with Crippen LogP contribution < -0.4 is 0 Å². The SMILES string of the molecule is CCCCCC[N+]1(C)CCOCC1.O=S(=O)([N-]S(=O)(=O)C(F)(F)F)C(F)(F)F. The van der Waals surface area contributed by atoms with Crippen LogP contribution in [0.15, 0.2) is 0 Å². The summed E-state index contributed by atoms with van der Waals surface area (Å²) in [5.41, 5.74) is -12.4. The smallest absolute Gasteiger partial charge is 0.421 e. The number of rotatable bonds is 7. The van der Waals surface area contributed by atoms with Crippen molar-refractivity contribution in [3.8, 4) is 0 Å². The van der Waals surface area contributed by atoms with E-state index in [1.54, 1.807) is 0 Å². The molecule has 0 radical (unpaired) electrons. The van der Waals surface area contributed by atoms with Gasteiger partial charge in [-0.2, -0.15) is 26.3 Å². The van der Waals surface area contributed by atoms with E-state index in [1.807, 2.05) is 0 Å². The van der Waals surface area contributed by atoms with Crippen molar-refractivity contribution in [2.75, 3.05) is 39.9 Å². The van der Waals surface area contributed by atoms with E-state index in [0.717, 1.165) is 17.3 Å². The van der Waals surface area contributed by atoms with Crippen molar-refractivity contribution >= 4 is 20.0 Å². The van der Waals surface area contributed by atoms with E-state index in [2.05, 4.69) is 14.0 Å². The molecule has 0 aromatic rings. The quantitative estimate of drug-likeness (QED) is 0.327. The Balaban J connectivity index is 0.000000525. The number of alkyl halides is 6. The van der Waals surface area contributed by atoms with Crippen LogP contribution in [0.2, 0.25) is 0 Å². The predicted octanol–water partition coefficient (Wildman–Crippen LogP) is 3.10. The number of morpholine rings is 1. The van der Waals surface area contributed by atoms with Gasteiger partial charge in [0.25, 0.3) is 0 Å². The summed E-state index contributed by atoms with van der Waals surface area (Å²) in [5.74, 6) is 0. The molecule has 1 rings (SSSR count). The molecule has 7 nitrogen and oxygen atoms in total. The minimum atomic E-state index is -6.72.